The van der Waals surface area contributed by atoms with Crippen LogP contribution in [0.15, 0.2) is 0 Å². The topological polar surface area (TPSA) is 24.5 Å². The van der Waals surface area contributed by atoms with Gasteiger partial charge in [-0.1, -0.05) is 27.2 Å². The van der Waals surface area contributed by atoms with Crippen LogP contribution in [0.25, 0.3) is 0 Å². The zero-order valence-electron chi connectivity index (χ0n) is 13.0. The molecule has 3 heteroatoms. The van der Waals surface area contributed by atoms with Crippen LogP contribution in [0, 0.1) is 5.92 Å². The normalized spacial score (nSPS) is 31.5. The van der Waals surface area contributed by atoms with Crippen LogP contribution in [-0.4, -0.2) is 49.8 Å². The summed E-state index contributed by atoms with van der Waals surface area (Å²) in [5.41, 5.74) is 0.289. The maximum absolute atomic E-state index is 5.19. The summed E-state index contributed by atoms with van der Waals surface area (Å²) in [4.78, 5) is 2.69. The van der Waals surface area contributed by atoms with E-state index in [1.54, 1.807) is 7.11 Å². The first-order chi connectivity index (χ1) is 8.56. The van der Waals surface area contributed by atoms with Gasteiger partial charge in [-0.25, -0.2) is 0 Å². The monoisotopic (exact) mass is 256 g/mol. The molecule has 1 saturated heterocycles. The Hall–Kier alpha value is -0.120. The number of ether oxygens (including phenoxy) is 1. The third-order valence-corrected chi connectivity index (χ3v) is 4.63. The Balaban J connectivity index is 2.60. The molecule has 0 spiro atoms. The van der Waals surface area contributed by atoms with Gasteiger partial charge in [0.05, 0.1) is 0 Å². The molecule has 0 aliphatic carbocycles. The molecule has 1 N–H and O–H groups in total. The Kier molecular flexibility index (Phi) is 6.61. The van der Waals surface area contributed by atoms with E-state index in [1.165, 1.54) is 25.9 Å². The molecule has 0 amide bonds. The molecule has 1 fully saturated rings. The molecule has 108 valence electrons. The predicted molar refractivity (Wildman–Crippen MR) is 78.0 cm³/mol. The fraction of sp³-hybridized carbons (Fsp3) is 1.00. The number of hydrogen-bond acceptors (Lipinski definition) is 3. The molecule has 1 aliphatic rings. The lowest BCUT2D eigenvalue weighted by Crippen LogP contribution is -2.64. The lowest BCUT2D eigenvalue weighted by molar-refractivity contribution is 0.0475. The summed E-state index contributed by atoms with van der Waals surface area (Å²) in [6, 6.07) is 0.687. The van der Waals surface area contributed by atoms with Crippen molar-refractivity contribution in [1.82, 2.24) is 10.2 Å². The van der Waals surface area contributed by atoms with E-state index in [9.17, 15) is 0 Å². The molecule has 0 aromatic heterocycles. The summed E-state index contributed by atoms with van der Waals surface area (Å²) in [6.07, 6.45) is 3.60. The van der Waals surface area contributed by atoms with Crippen molar-refractivity contribution in [3.63, 3.8) is 0 Å². The summed E-state index contributed by atoms with van der Waals surface area (Å²) in [5, 5.41) is 3.76. The number of nitrogens with zero attached hydrogens (tertiary/aromatic N) is 1. The Morgan fingerprint density at radius 2 is 2.17 bits per heavy atom. The Bertz CT molecular complexity index is 235. The maximum atomic E-state index is 5.19. The van der Waals surface area contributed by atoms with Crippen LogP contribution in [0.3, 0.4) is 0 Å². The highest BCUT2D eigenvalue weighted by atomic mass is 16.5. The zero-order valence-corrected chi connectivity index (χ0v) is 13.0. The SMILES string of the molecule is CCC(C)C1CNC(C)(CC)CN1CCCOC. The summed E-state index contributed by atoms with van der Waals surface area (Å²) in [6.45, 7) is 13.7. The summed E-state index contributed by atoms with van der Waals surface area (Å²) in [5.74, 6) is 0.765. The highest BCUT2D eigenvalue weighted by Gasteiger charge is 2.35. The molecule has 1 rings (SSSR count). The largest absolute Gasteiger partial charge is 0.385 e. The maximum Gasteiger partial charge on any atom is 0.0474 e. The molecule has 0 aromatic rings. The summed E-state index contributed by atoms with van der Waals surface area (Å²) in [7, 11) is 1.79. The van der Waals surface area contributed by atoms with Crippen LogP contribution in [-0.2, 0) is 4.74 Å². The second-order valence-electron chi connectivity index (χ2n) is 6.06. The molecule has 1 aliphatic heterocycles. The van der Waals surface area contributed by atoms with Gasteiger partial charge in [-0.2, -0.15) is 0 Å². The minimum atomic E-state index is 0.289. The van der Waals surface area contributed by atoms with E-state index >= 15 is 0 Å². The van der Waals surface area contributed by atoms with Crippen LogP contribution >= 0.6 is 0 Å². The van der Waals surface area contributed by atoms with Gasteiger partial charge in [0, 0.05) is 44.9 Å². The van der Waals surface area contributed by atoms with Gasteiger partial charge in [0.15, 0.2) is 0 Å². The quantitative estimate of drug-likeness (QED) is 0.708. The second-order valence-corrected chi connectivity index (χ2v) is 6.06. The Morgan fingerprint density at radius 1 is 1.44 bits per heavy atom. The number of rotatable bonds is 7. The van der Waals surface area contributed by atoms with Crippen molar-refractivity contribution in [2.24, 2.45) is 5.92 Å². The Morgan fingerprint density at radius 3 is 2.72 bits per heavy atom. The van der Waals surface area contributed by atoms with Gasteiger partial charge in [0.25, 0.3) is 0 Å². The van der Waals surface area contributed by atoms with Crippen LogP contribution < -0.4 is 5.32 Å². The van der Waals surface area contributed by atoms with Crippen molar-refractivity contribution in [1.29, 1.82) is 0 Å². The third kappa shape index (κ3) is 4.22. The standard InChI is InChI=1S/C15H32N2O/c1-6-13(3)14-11-16-15(4,7-2)12-17(14)9-8-10-18-5/h13-14,16H,6-12H2,1-5H3. The van der Waals surface area contributed by atoms with Gasteiger partial charge in [-0.05, 0) is 25.7 Å². The molecule has 3 unspecified atom stereocenters. The van der Waals surface area contributed by atoms with Crippen molar-refractivity contribution in [2.45, 2.75) is 58.5 Å². The lowest BCUT2D eigenvalue weighted by atomic mass is 9.88. The highest BCUT2D eigenvalue weighted by molar-refractivity contribution is 4.95. The fourth-order valence-electron chi connectivity index (χ4n) is 2.83. The average Bonchev–Trinajstić information content (AvgIpc) is 2.38. The molecule has 18 heavy (non-hydrogen) atoms. The smallest absolute Gasteiger partial charge is 0.0474 e. The molecule has 0 aromatic carbocycles. The third-order valence-electron chi connectivity index (χ3n) is 4.63. The van der Waals surface area contributed by atoms with Gasteiger partial charge in [0.1, 0.15) is 0 Å². The van der Waals surface area contributed by atoms with Crippen LogP contribution in [0.2, 0.25) is 0 Å². The van der Waals surface area contributed by atoms with Crippen molar-refractivity contribution in [2.75, 3.05) is 33.4 Å². The number of nitrogens with one attached hydrogen (secondary N) is 1. The van der Waals surface area contributed by atoms with E-state index in [1.807, 2.05) is 0 Å². The van der Waals surface area contributed by atoms with Crippen molar-refractivity contribution >= 4 is 0 Å². The first kappa shape index (κ1) is 15.9. The molecular weight excluding hydrogens is 224 g/mol. The predicted octanol–water partition coefficient (Wildman–Crippen LogP) is 2.51. The minimum absolute atomic E-state index is 0.289. The number of methoxy groups -OCH3 is 1. The van der Waals surface area contributed by atoms with Gasteiger partial charge in [-0.3, -0.25) is 4.90 Å². The van der Waals surface area contributed by atoms with Gasteiger partial charge < -0.3 is 10.1 Å². The van der Waals surface area contributed by atoms with E-state index in [-0.39, 0.29) is 5.54 Å². The molecule has 0 radical (unpaired) electrons. The minimum Gasteiger partial charge on any atom is -0.385 e. The van der Waals surface area contributed by atoms with E-state index < -0.39 is 0 Å². The number of piperazine rings is 1. The van der Waals surface area contributed by atoms with Crippen LogP contribution in [0.5, 0.6) is 0 Å². The number of hydrogen-bond donors (Lipinski definition) is 1. The fourth-order valence-corrected chi connectivity index (χ4v) is 2.83. The molecule has 3 nitrogen and oxygen atoms in total. The zero-order chi connectivity index (χ0) is 13.6. The van der Waals surface area contributed by atoms with E-state index in [0.29, 0.717) is 6.04 Å². The van der Waals surface area contributed by atoms with E-state index in [2.05, 4.69) is 37.9 Å². The van der Waals surface area contributed by atoms with Crippen LogP contribution in [0.1, 0.15) is 47.0 Å². The van der Waals surface area contributed by atoms with E-state index in [4.69, 9.17) is 4.74 Å². The second kappa shape index (κ2) is 7.46. The van der Waals surface area contributed by atoms with Crippen molar-refractivity contribution in [3.05, 3.63) is 0 Å². The first-order valence-electron chi connectivity index (χ1n) is 7.54. The van der Waals surface area contributed by atoms with Gasteiger partial charge in [-0.15, -0.1) is 0 Å². The van der Waals surface area contributed by atoms with Crippen LogP contribution in [0.4, 0.5) is 0 Å². The molecule has 1 heterocycles. The molecule has 3 atom stereocenters. The van der Waals surface area contributed by atoms with Gasteiger partial charge >= 0.3 is 0 Å². The highest BCUT2D eigenvalue weighted by Crippen LogP contribution is 2.24. The molecular formula is C15H32N2O. The first-order valence-corrected chi connectivity index (χ1v) is 7.54. The van der Waals surface area contributed by atoms with Crippen molar-refractivity contribution < 1.29 is 4.74 Å². The summed E-state index contributed by atoms with van der Waals surface area (Å²) >= 11 is 0. The lowest BCUT2D eigenvalue weighted by Gasteiger charge is -2.48. The van der Waals surface area contributed by atoms with Crippen molar-refractivity contribution in [3.8, 4) is 0 Å². The summed E-state index contributed by atoms with van der Waals surface area (Å²) < 4.78 is 5.19. The average molecular weight is 256 g/mol. The molecule has 0 bridgehead atoms. The van der Waals surface area contributed by atoms with Gasteiger partial charge in [0.2, 0.25) is 0 Å². The Labute approximate surface area is 113 Å². The molecule has 0 saturated carbocycles. The van der Waals surface area contributed by atoms with E-state index in [0.717, 1.165) is 25.5 Å².